The third kappa shape index (κ3) is 4.32. The zero-order valence-corrected chi connectivity index (χ0v) is 9.78. The van der Waals surface area contributed by atoms with Gasteiger partial charge in [-0.1, -0.05) is 30.9 Å². The van der Waals surface area contributed by atoms with Gasteiger partial charge in [-0.25, -0.2) is 0 Å². The lowest BCUT2D eigenvalue weighted by molar-refractivity contribution is 0.363. The van der Waals surface area contributed by atoms with Crippen molar-refractivity contribution in [1.82, 2.24) is 5.32 Å². The number of ether oxygens (including phenoxy) is 1. The minimum Gasteiger partial charge on any atom is -0.490 e. The molecular weight excluding hydrogens is 198 g/mol. The van der Waals surface area contributed by atoms with Crippen LogP contribution in [0.4, 0.5) is 0 Å². The van der Waals surface area contributed by atoms with Crippen LogP contribution in [-0.4, -0.2) is 12.6 Å². The maximum Gasteiger partial charge on any atom is 0.119 e. The Balaban J connectivity index is 2.44. The van der Waals surface area contributed by atoms with E-state index >= 15 is 0 Å². The quantitative estimate of drug-likeness (QED) is 0.709. The molecule has 0 amide bonds. The summed E-state index contributed by atoms with van der Waals surface area (Å²) in [5.41, 5.74) is 1.24. The lowest BCUT2D eigenvalue weighted by Gasteiger charge is -2.09. The van der Waals surface area contributed by atoms with Crippen LogP contribution in [0.1, 0.15) is 12.5 Å². The molecule has 2 heteroatoms. The molecule has 1 rings (SSSR count). The Bertz CT molecular complexity index is 329. The van der Waals surface area contributed by atoms with Crippen LogP contribution in [0.15, 0.2) is 49.6 Å². The Kier molecular flexibility index (Phi) is 5.37. The van der Waals surface area contributed by atoms with Gasteiger partial charge in [0.15, 0.2) is 0 Å². The van der Waals surface area contributed by atoms with Crippen molar-refractivity contribution < 1.29 is 4.74 Å². The second-order valence-corrected chi connectivity index (χ2v) is 3.65. The molecular formula is C14H19NO. The standard InChI is InChI=1S/C14H19NO/c1-4-10-16-14-8-6-13(7-9-14)11-15-12(3)5-2/h4-9,12,15H,1-2,10-11H2,3H3. The average Bonchev–Trinajstić information content (AvgIpc) is 2.34. The highest BCUT2D eigenvalue weighted by Crippen LogP contribution is 2.12. The van der Waals surface area contributed by atoms with Gasteiger partial charge in [0, 0.05) is 12.6 Å². The fraction of sp³-hybridized carbons (Fsp3) is 0.286. The van der Waals surface area contributed by atoms with E-state index in [1.807, 2.05) is 18.2 Å². The minimum absolute atomic E-state index is 0.330. The van der Waals surface area contributed by atoms with Crippen molar-refractivity contribution in [3.05, 3.63) is 55.1 Å². The van der Waals surface area contributed by atoms with Crippen LogP contribution in [-0.2, 0) is 6.54 Å². The molecule has 0 heterocycles. The molecule has 0 aliphatic heterocycles. The normalized spacial score (nSPS) is 11.8. The highest BCUT2D eigenvalue weighted by Gasteiger charge is 1.97. The topological polar surface area (TPSA) is 21.3 Å². The molecule has 0 aliphatic rings. The summed E-state index contributed by atoms with van der Waals surface area (Å²) in [6.45, 7) is 10.8. The number of benzene rings is 1. The summed E-state index contributed by atoms with van der Waals surface area (Å²) in [5, 5.41) is 3.34. The number of nitrogens with one attached hydrogen (secondary N) is 1. The van der Waals surface area contributed by atoms with E-state index in [4.69, 9.17) is 4.74 Å². The lowest BCUT2D eigenvalue weighted by Crippen LogP contribution is -2.22. The van der Waals surface area contributed by atoms with Crippen molar-refractivity contribution in [3.63, 3.8) is 0 Å². The van der Waals surface area contributed by atoms with Crippen LogP contribution < -0.4 is 10.1 Å². The van der Waals surface area contributed by atoms with E-state index in [0.29, 0.717) is 12.6 Å². The van der Waals surface area contributed by atoms with E-state index in [1.54, 1.807) is 6.08 Å². The second-order valence-electron chi connectivity index (χ2n) is 3.65. The molecule has 1 N–H and O–H groups in total. The summed E-state index contributed by atoms with van der Waals surface area (Å²) in [5.74, 6) is 0.875. The molecule has 0 saturated heterocycles. The minimum atomic E-state index is 0.330. The van der Waals surface area contributed by atoms with Crippen molar-refractivity contribution in [3.8, 4) is 5.75 Å². The Hall–Kier alpha value is -1.54. The summed E-state index contributed by atoms with van der Waals surface area (Å²) in [7, 11) is 0. The first-order valence-corrected chi connectivity index (χ1v) is 5.45. The molecule has 1 unspecified atom stereocenters. The smallest absolute Gasteiger partial charge is 0.119 e. The Morgan fingerprint density at radius 1 is 1.31 bits per heavy atom. The Morgan fingerprint density at radius 3 is 2.56 bits per heavy atom. The fourth-order valence-corrected chi connectivity index (χ4v) is 1.22. The Morgan fingerprint density at radius 2 is 2.00 bits per heavy atom. The summed E-state index contributed by atoms with van der Waals surface area (Å²) in [6, 6.07) is 8.39. The number of hydrogen-bond donors (Lipinski definition) is 1. The van der Waals surface area contributed by atoms with Gasteiger partial charge in [0.1, 0.15) is 12.4 Å². The molecule has 1 aromatic rings. The lowest BCUT2D eigenvalue weighted by atomic mass is 10.2. The van der Waals surface area contributed by atoms with Gasteiger partial charge in [0.25, 0.3) is 0 Å². The first-order valence-electron chi connectivity index (χ1n) is 5.45. The SMILES string of the molecule is C=CCOc1ccc(CNC(C)C=C)cc1. The summed E-state index contributed by atoms with van der Waals surface area (Å²) >= 11 is 0. The van der Waals surface area contributed by atoms with Crippen LogP contribution >= 0.6 is 0 Å². The van der Waals surface area contributed by atoms with E-state index in [0.717, 1.165) is 12.3 Å². The highest BCUT2D eigenvalue weighted by atomic mass is 16.5. The molecule has 0 fully saturated rings. The molecule has 1 aromatic carbocycles. The van der Waals surface area contributed by atoms with E-state index in [2.05, 4.69) is 37.5 Å². The van der Waals surface area contributed by atoms with E-state index < -0.39 is 0 Å². The first-order chi connectivity index (χ1) is 7.76. The van der Waals surface area contributed by atoms with E-state index in [1.165, 1.54) is 5.56 Å². The van der Waals surface area contributed by atoms with Gasteiger partial charge >= 0.3 is 0 Å². The van der Waals surface area contributed by atoms with Gasteiger partial charge in [-0.05, 0) is 24.6 Å². The monoisotopic (exact) mass is 217 g/mol. The van der Waals surface area contributed by atoms with Crippen molar-refractivity contribution in [2.75, 3.05) is 6.61 Å². The van der Waals surface area contributed by atoms with Crippen molar-refractivity contribution in [2.45, 2.75) is 19.5 Å². The number of rotatable bonds is 7. The van der Waals surface area contributed by atoms with E-state index in [9.17, 15) is 0 Å². The average molecular weight is 217 g/mol. The summed E-state index contributed by atoms with van der Waals surface area (Å²) in [6.07, 6.45) is 3.63. The fourth-order valence-electron chi connectivity index (χ4n) is 1.22. The largest absolute Gasteiger partial charge is 0.490 e. The van der Waals surface area contributed by atoms with Crippen molar-refractivity contribution >= 4 is 0 Å². The first kappa shape index (κ1) is 12.5. The summed E-state index contributed by atoms with van der Waals surface area (Å²) < 4.78 is 5.40. The number of hydrogen-bond acceptors (Lipinski definition) is 2. The zero-order chi connectivity index (χ0) is 11.8. The predicted octanol–water partition coefficient (Wildman–Crippen LogP) is 2.92. The maximum absolute atomic E-state index is 5.40. The molecule has 16 heavy (non-hydrogen) atoms. The molecule has 2 nitrogen and oxygen atoms in total. The van der Waals surface area contributed by atoms with Crippen molar-refractivity contribution in [2.24, 2.45) is 0 Å². The van der Waals surface area contributed by atoms with Gasteiger partial charge < -0.3 is 10.1 Å². The van der Waals surface area contributed by atoms with Gasteiger partial charge in [-0.15, -0.1) is 6.58 Å². The summed E-state index contributed by atoms with van der Waals surface area (Å²) in [4.78, 5) is 0. The molecule has 0 radical (unpaired) electrons. The van der Waals surface area contributed by atoms with Crippen molar-refractivity contribution in [1.29, 1.82) is 0 Å². The Labute approximate surface area is 97.6 Å². The third-order valence-electron chi connectivity index (χ3n) is 2.27. The van der Waals surface area contributed by atoms with Crippen LogP contribution in [0, 0.1) is 0 Å². The van der Waals surface area contributed by atoms with Gasteiger partial charge in [0.05, 0.1) is 0 Å². The molecule has 0 saturated carbocycles. The van der Waals surface area contributed by atoms with Crippen LogP contribution in [0.2, 0.25) is 0 Å². The van der Waals surface area contributed by atoms with Crippen LogP contribution in [0.25, 0.3) is 0 Å². The van der Waals surface area contributed by atoms with Gasteiger partial charge in [-0.2, -0.15) is 0 Å². The maximum atomic E-state index is 5.40. The van der Waals surface area contributed by atoms with Gasteiger partial charge in [0.2, 0.25) is 0 Å². The second kappa shape index (κ2) is 6.85. The predicted molar refractivity (Wildman–Crippen MR) is 68.6 cm³/mol. The molecule has 0 aliphatic carbocycles. The third-order valence-corrected chi connectivity index (χ3v) is 2.27. The molecule has 0 bridgehead atoms. The van der Waals surface area contributed by atoms with Crippen LogP contribution in [0.5, 0.6) is 5.75 Å². The van der Waals surface area contributed by atoms with Crippen LogP contribution in [0.3, 0.4) is 0 Å². The molecule has 1 atom stereocenters. The highest BCUT2D eigenvalue weighted by molar-refractivity contribution is 5.27. The zero-order valence-electron chi connectivity index (χ0n) is 9.78. The molecule has 0 aromatic heterocycles. The van der Waals surface area contributed by atoms with E-state index in [-0.39, 0.29) is 0 Å². The molecule has 0 spiro atoms. The molecule has 86 valence electrons. The van der Waals surface area contributed by atoms with Gasteiger partial charge in [-0.3, -0.25) is 0 Å².